The van der Waals surface area contributed by atoms with Gasteiger partial charge >= 0.3 is 0 Å². The lowest BCUT2D eigenvalue weighted by atomic mass is 9.98. The van der Waals surface area contributed by atoms with Gasteiger partial charge in [0.05, 0.1) is 18.9 Å². The van der Waals surface area contributed by atoms with E-state index in [4.69, 9.17) is 26.5 Å². The zero-order valence-corrected chi connectivity index (χ0v) is 11.8. The second-order valence-electron chi connectivity index (χ2n) is 4.21. The lowest BCUT2D eigenvalue weighted by Crippen LogP contribution is -2.12. The van der Waals surface area contributed by atoms with Crippen molar-refractivity contribution >= 4 is 27.5 Å². The lowest BCUT2D eigenvalue weighted by Gasteiger charge is -2.15. The predicted molar refractivity (Wildman–Crippen MR) is 73.1 cm³/mol. The summed E-state index contributed by atoms with van der Waals surface area (Å²) < 4.78 is 11.5. The highest BCUT2D eigenvalue weighted by Crippen LogP contribution is 2.39. The highest BCUT2D eigenvalue weighted by atomic mass is 79.9. The van der Waals surface area contributed by atoms with E-state index in [1.165, 1.54) is 0 Å². The van der Waals surface area contributed by atoms with Crippen LogP contribution in [0, 0.1) is 0 Å². The third-order valence-electron chi connectivity index (χ3n) is 3.09. The van der Waals surface area contributed by atoms with E-state index in [1.54, 1.807) is 6.26 Å². The number of fused-ring (bicyclic) bond motifs is 1. The molecule has 1 atom stereocenters. The lowest BCUT2D eigenvalue weighted by molar-refractivity contribution is 0.352. The molecule has 0 bridgehead atoms. The first-order valence-electron chi connectivity index (χ1n) is 5.60. The number of rotatable bonds is 2. The average molecular weight is 329 g/mol. The Bertz CT molecular complexity index is 597. The SMILES string of the molecule is NC(c1ccoc1Br)c1cc(Cl)cc2c1OCC2. The van der Waals surface area contributed by atoms with Crippen molar-refractivity contribution in [1.29, 1.82) is 0 Å². The minimum Gasteiger partial charge on any atom is -0.493 e. The topological polar surface area (TPSA) is 48.4 Å². The summed E-state index contributed by atoms with van der Waals surface area (Å²) in [5, 5.41) is 0.685. The molecule has 2 heterocycles. The van der Waals surface area contributed by atoms with Crippen molar-refractivity contribution in [3.63, 3.8) is 0 Å². The molecule has 94 valence electrons. The summed E-state index contributed by atoms with van der Waals surface area (Å²) in [6, 6.07) is 5.32. The highest BCUT2D eigenvalue weighted by Gasteiger charge is 2.24. The van der Waals surface area contributed by atoms with Gasteiger partial charge < -0.3 is 14.9 Å². The minimum atomic E-state index is -0.316. The molecule has 1 aliphatic heterocycles. The van der Waals surface area contributed by atoms with Crippen molar-refractivity contribution in [3.8, 4) is 5.75 Å². The van der Waals surface area contributed by atoms with Crippen molar-refractivity contribution in [2.45, 2.75) is 12.5 Å². The van der Waals surface area contributed by atoms with Crippen LogP contribution in [0.5, 0.6) is 5.75 Å². The van der Waals surface area contributed by atoms with Gasteiger partial charge in [-0.2, -0.15) is 0 Å². The van der Waals surface area contributed by atoms with E-state index < -0.39 is 0 Å². The molecule has 0 saturated carbocycles. The van der Waals surface area contributed by atoms with Gasteiger partial charge in [0.1, 0.15) is 5.75 Å². The molecular weight excluding hydrogens is 318 g/mol. The van der Waals surface area contributed by atoms with E-state index in [0.717, 1.165) is 28.9 Å². The van der Waals surface area contributed by atoms with Crippen LogP contribution in [-0.2, 0) is 6.42 Å². The molecule has 0 saturated heterocycles. The summed E-state index contributed by atoms with van der Waals surface area (Å²) in [5.74, 6) is 0.861. The quantitative estimate of drug-likeness (QED) is 0.915. The van der Waals surface area contributed by atoms with Crippen LogP contribution in [0.3, 0.4) is 0 Å². The van der Waals surface area contributed by atoms with Crippen molar-refractivity contribution in [2.24, 2.45) is 5.73 Å². The van der Waals surface area contributed by atoms with E-state index in [-0.39, 0.29) is 6.04 Å². The molecule has 3 nitrogen and oxygen atoms in total. The molecular formula is C13H11BrClNO2. The first-order chi connectivity index (χ1) is 8.66. The Morgan fingerprint density at radius 3 is 2.89 bits per heavy atom. The van der Waals surface area contributed by atoms with Crippen LogP contribution < -0.4 is 10.5 Å². The van der Waals surface area contributed by atoms with Crippen LogP contribution in [-0.4, -0.2) is 6.61 Å². The van der Waals surface area contributed by atoms with Gasteiger partial charge in [-0.1, -0.05) is 11.6 Å². The molecule has 3 rings (SSSR count). The Labute approximate surface area is 118 Å². The molecule has 0 amide bonds. The van der Waals surface area contributed by atoms with Crippen molar-refractivity contribution in [2.75, 3.05) is 6.61 Å². The summed E-state index contributed by atoms with van der Waals surface area (Å²) >= 11 is 9.47. The zero-order chi connectivity index (χ0) is 12.7. The Morgan fingerprint density at radius 2 is 2.17 bits per heavy atom. The van der Waals surface area contributed by atoms with Gasteiger partial charge in [0.15, 0.2) is 4.67 Å². The van der Waals surface area contributed by atoms with Crippen LogP contribution >= 0.6 is 27.5 Å². The molecule has 0 radical (unpaired) electrons. The number of hydrogen-bond donors (Lipinski definition) is 1. The zero-order valence-electron chi connectivity index (χ0n) is 9.45. The predicted octanol–water partition coefficient (Wildman–Crippen LogP) is 3.68. The van der Waals surface area contributed by atoms with Gasteiger partial charge in [0, 0.05) is 22.6 Å². The molecule has 5 heteroatoms. The maximum absolute atomic E-state index is 6.27. The van der Waals surface area contributed by atoms with E-state index in [1.807, 2.05) is 18.2 Å². The van der Waals surface area contributed by atoms with Gasteiger partial charge in [-0.05, 0) is 39.7 Å². The number of furan rings is 1. The van der Waals surface area contributed by atoms with Crippen LogP contribution in [0.2, 0.25) is 5.02 Å². The summed E-state index contributed by atoms with van der Waals surface area (Å²) in [4.78, 5) is 0. The number of halogens is 2. The molecule has 0 fully saturated rings. The van der Waals surface area contributed by atoms with Crippen LogP contribution in [0.25, 0.3) is 0 Å². The summed E-state index contributed by atoms with van der Waals surface area (Å²) in [6.45, 7) is 0.682. The van der Waals surface area contributed by atoms with Crippen LogP contribution in [0.15, 0.2) is 33.5 Å². The Hall–Kier alpha value is -0.970. The van der Waals surface area contributed by atoms with Gasteiger partial charge in [0.25, 0.3) is 0 Å². The molecule has 1 aromatic heterocycles. The molecule has 1 aliphatic rings. The smallest absolute Gasteiger partial charge is 0.174 e. The maximum atomic E-state index is 6.27. The van der Waals surface area contributed by atoms with Gasteiger partial charge in [-0.25, -0.2) is 0 Å². The Morgan fingerprint density at radius 1 is 1.33 bits per heavy atom. The molecule has 18 heavy (non-hydrogen) atoms. The summed E-state index contributed by atoms with van der Waals surface area (Å²) in [7, 11) is 0. The van der Waals surface area contributed by atoms with Crippen LogP contribution in [0.1, 0.15) is 22.7 Å². The van der Waals surface area contributed by atoms with E-state index in [9.17, 15) is 0 Å². The molecule has 0 spiro atoms. The molecule has 0 aliphatic carbocycles. The molecule has 1 unspecified atom stereocenters. The normalized spacial score (nSPS) is 15.3. The summed E-state index contributed by atoms with van der Waals surface area (Å²) in [6.07, 6.45) is 2.48. The second-order valence-corrected chi connectivity index (χ2v) is 5.37. The summed E-state index contributed by atoms with van der Waals surface area (Å²) in [5.41, 5.74) is 9.18. The van der Waals surface area contributed by atoms with E-state index >= 15 is 0 Å². The number of hydrogen-bond acceptors (Lipinski definition) is 3. The molecule has 1 aromatic carbocycles. The molecule has 2 aromatic rings. The fraction of sp³-hybridized carbons (Fsp3) is 0.231. The largest absolute Gasteiger partial charge is 0.493 e. The second kappa shape index (κ2) is 4.61. The standard InChI is InChI=1S/C13H11BrClNO2/c14-13-9(2-4-18-13)11(16)10-6-8(15)5-7-1-3-17-12(7)10/h2,4-6,11H,1,3,16H2. The monoisotopic (exact) mass is 327 g/mol. The minimum absolute atomic E-state index is 0.316. The fourth-order valence-corrected chi connectivity index (χ4v) is 2.96. The van der Waals surface area contributed by atoms with E-state index in [0.29, 0.717) is 16.3 Å². The number of benzene rings is 1. The highest BCUT2D eigenvalue weighted by molar-refractivity contribution is 9.10. The Balaban J connectivity index is 2.10. The Kier molecular flexibility index (Phi) is 3.09. The van der Waals surface area contributed by atoms with Crippen molar-refractivity contribution in [1.82, 2.24) is 0 Å². The number of nitrogens with two attached hydrogens (primary N) is 1. The third-order valence-corrected chi connectivity index (χ3v) is 3.96. The van der Waals surface area contributed by atoms with Gasteiger partial charge in [-0.3, -0.25) is 0 Å². The van der Waals surface area contributed by atoms with Crippen LogP contribution in [0.4, 0.5) is 0 Å². The van der Waals surface area contributed by atoms with Crippen molar-refractivity contribution in [3.05, 3.63) is 50.8 Å². The first-order valence-corrected chi connectivity index (χ1v) is 6.77. The number of ether oxygens (including phenoxy) is 1. The third kappa shape index (κ3) is 1.94. The fourth-order valence-electron chi connectivity index (χ4n) is 2.22. The first kappa shape index (κ1) is 12.1. The molecule has 2 N–H and O–H groups in total. The average Bonchev–Trinajstić information content (AvgIpc) is 2.95. The van der Waals surface area contributed by atoms with Gasteiger partial charge in [0.2, 0.25) is 0 Å². The van der Waals surface area contributed by atoms with E-state index in [2.05, 4.69) is 15.9 Å². The van der Waals surface area contributed by atoms with Gasteiger partial charge in [-0.15, -0.1) is 0 Å². The maximum Gasteiger partial charge on any atom is 0.174 e. The van der Waals surface area contributed by atoms with Crippen molar-refractivity contribution < 1.29 is 9.15 Å².